The molecule has 3 nitrogen and oxygen atoms in total. The van der Waals surface area contributed by atoms with Crippen molar-refractivity contribution in [1.82, 2.24) is 4.90 Å². The normalized spacial score (nSPS) is 11.4. The molecular weight excluding hydrogens is 269 g/mol. The second-order valence-electron chi connectivity index (χ2n) is 4.51. The van der Waals surface area contributed by atoms with E-state index in [-0.39, 0.29) is 11.5 Å². The Hall–Kier alpha value is -1.56. The fourth-order valence-corrected chi connectivity index (χ4v) is 1.88. The van der Waals surface area contributed by atoms with Crippen LogP contribution in [0.25, 0.3) is 0 Å². The van der Waals surface area contributed by atoms with Crippen molar-refractivity contribution in [3.8, 4) is 0 Å². The van der Waals surface area contributed by atoms with Crippen LogP contribution in [0.1, 0.15) is 35.7 Å². The van der Waals surface area contributed by atoms with E-state index in [9.17, 15) is 18.0 Å². The number of nitrogens with zero attached hydrogens (tertiary/aromatic N) is 1. The van der Waals surface area contributed by atoms with Gasteiger partial charge in [-0.25, -0.2) is 0 Å². The third-order valence-electron chi connectivity index (χ3n) is 2.85. The molecule has 0 saturated heterocycles. The Bertz CT molecular complexity index is 446. The van der Waals surface area contributed by atoms with Crippen LogP contribution in [0.5, 0.6) is 0 Å². The van der Waals surface area contributed by atoms with Crippen molar-refractivity contribution in [2.75, 3.05) is 19.6 Å². The summed E-state index contributed by atoms with van der Waals surface area (Å²) in [6.07, 6.45) is -3.07. The maximum absolute atomic E-state index is 12.6. The maximum atomic E-state index is 12.6. The second kappa shape index (κ2) is 7.28. The van der Waals surface area contributed by atoms with Crippen LogP contribution < -0.4 is 5.73 Å². The predicted molar refractivity (Wildman–Crippen MR) is 71.3 cm³/mol. The average Bonchev–Trinajstić information content (AvgIpc) is 2.42. The first-order valence-corrected chi connectivity index (χ1v) is 6.56. The summed E-state index contributed by atoms with van der Waals surface area (Å²) in [6, 6.07) is 4.51. The molecular formula is C14H19F3N2O. The van der Waals surface area contributed by atoms with Gasteiger partial charge in [0.15, 0.2) is 0 Å². The SMILES string of the molecule is CCCN(CCCN)C(=O)c1cccc(C(F)(F)F)c1. The van der Waals surface area contributed by atoms with Crippen molar-refractivity contribution in [3.63, 3.8) is 0 Å². The molecule has 112 valence electrons. The van der Waals surface area contributed by atoms with Crippen LogP contribution in [-0.2, 0) is 6.18 Å². The van der Waals surface area contributed by atoms with Crippen molar-refractivity contribution in [2.24, 2.45) is 5.73 Å². The van der Waals surface area contributed by atoms with Crippen LogP contribution in [0.15, 0.2) is 24.3 Å². The minimum absolute atomic E-state index is 0.0605. The van der Waals surface area contributed by atoms with E-state index in [0.717, 1.165) is 18.6 Å². The third-order valence-corrected chi connectivity index (χ3v) is 2.85. The molecule has 0 aliphatic rings. The van der Waals surface area contributed by atoms with Crippen molar-refractivity contribution in [1.29, 1.82) is 0 Å². The van der Waals surface area contributed by atoms with E-state index >= 15 is 0 Å². The molecule has 0 spiro atoms. The highest BCUT2D eigenvalue weighted by atomic mass is 19.4. The molecule has 6 heteroatoms. The summed E-state index contributed by atoms with van der Waals surface area (Å²) in [6.45, 7) is 3.32. The van der Waals surface area contributed by atoms with Crippen LogP contribution in [-0.4, -0.2) is 30.4 Å². The number of hydrogen-bond donors (Lipinski definition) is 1. The molecule has 20 heavy (non-hydrogen) atoms. The highest BCUT2D eigenvalue weighted by Gasteiger charge is 2.31. The summed E-state index contributed by atoms with van der Waals surface area (Å²) in [5.74, 6) is -0.383. The third kappa shape index (κ3) is 4.52. The molecule has 0 heterocycles. The van der Waals surface area contributed by atoms with Gasteiger partial charge in [0.2, 0.25) is 0 Å². The van der Waals surface area contributed by atoms with Gasteiger partial charge in [0.1, 0.15) is 0 Å². The summed E-state index contributed by atoms with van der Waals surface area (Å²) in [5, 5.41) is 0. The molecule has 0 atom stereocenters. The molecule has 0 aliphatic heterocycles. The highest BCUT2D eigenvalue weighted by molar-refractivity contribution is 5.94. The summed E-state index contributed by atoms with van der Waals surface area (Å²) < 4.78 is 37.9. The molecule has 0 saturated carbocycles. The van der Waals surface area contributed by atoms with Gasteiger partial charge >= 0.3 is 6.18 Å². The lowest BCUT2D eigenvalue weighted by Crippen LogP contribution is -2.33. The van der Waals surface area contributed by atoms with Gasteiger partial charge in [-0.1, -0.05) is 13.0 Å². The molecule has 2 N–H and O–H groups in total. The Morgan fingerprint density at radius 3 is 2.55 bits per heavy atom. The average molecular weight is 288 g/mol. The minimum Gasteiger partial charge on any atom is -0.339 e. The monoisotopic (exact) mass is 288 g/mol. The van der Waals surface area contributed by atoms with E-state index in [1.165, 1.54) is 12.1 Å². The lowest BCUT2D eigenvalue weighted by molar-refractivity contribution is -0.137. The molecule has 1 aromatic rings. The second-order valence-corrected chi connectivity index (χ2v) is 4.51. The van der Waals surface area contributed by atoms with Crippen LogP contribution in [0, 0.1) is 0 Å². The predicted octanol–water partition coefficient (Wildman–Crippen LogP) is 2.91. The number of amides is 1. The molecule has 0 bridgehead atoms. The lowest BCUT2D eigenvalue weighted by Gasteiger charge is -2.22. The van der Waals surface area contributed by atoms with E-state index < -0.39 is 11.7 Å². The lowest BCUT2D eigenvalue weighted by atomic mass is 10.1. The van der Waals surface area contributed by atoms with Gasteiger partial charge in [0.25, 0.3) is 5.91 Å². The Morgan fingerprint density at radius 2 is 2.00 bits per heavy atom. The first kappa shape index (κ1) is 16.5. The van der Waals surface area contributed by atoms with E-state index in [1.54, 1.807) is 4.90 Å². The van der Waals surface area contributed by atoms with Gasteiger partial charge in [0, 0.05) is 18.7 Å². The Kier molecular flexibility index (Phi) is 6.01. The van der Waals surface area contributed by atoms with E-state index in [0.29, 0.717) is 26.1 Å². The summed E-state index contributed by atoms with van der Waals surface area (Å²) in [5.41, 5.74) is 4.66. The fourth-order valence-electron chi connectivity index (χ4n) is 1.88. The maximum Gasteiger partial charge on any atom is 0.416 e. The zero-order valence-electron chi connectivity index (χ0n) is 11.4. The number of nitrogens with two attached hydrogens (primary N) is 1. The number of rotatable bonds is 6. The Balaban J connectivity index is 2.93. The van der Waals surface area contributed by atoms with Crippen molar-refractivity contribution < 1.29 is 18.0 Å². The molecule has 1 rings (SSSR count). The number of benzene rings is 1. The minimum atomic E-state index is -4.44. The van der Waals surface area contributed by atoms with Crippen molar-refractivity contribution >= 4 is 5.91 Å². The van der Waals surface area contributed by atoms with E-state index in [4.69, 9.17) is 5.73 Å². The number of carbonyl (C=O) groups excluding carboxylic acids is 1. The quantitative estimate of drug-likeness (QED) is 0.875. The molecule has 1 aromatic carbocycles. The smallest absolute Gasteiger partial charge is 0.339 e. The zero-order chi connectivity index (χ0) is 15.2. The van der Waals surface area contributed by atoms with Gasteiger partial charge in [-0.05, 0) is 37.6 Å². The standard InChI is InChI=1S/C14H19F3N2O/c1-2-8-19(9-4-7-18)13(20)11-5-3-6-12(10-11)14(15,16)17/h3,5-6,10H,2,4,7-9,18H2,1H3. The highest BCUT2D eigenvalue weighted by Crippen LogP contribution is 2.29. The fraction of sp³-hybridized carbons (Fsp3) is 0.500. The Labute approximate surface area is 116 Å². The number of carbonyl (C=O) groups is 1. The molecule has 0 aliphatic carbocycles. The number of hydrogen-bond acceptors (Lipinski definition) is 2. The molecule has 0 unspecified atom stereocenters. The molecule has 0 aromatic heterocycles. The van der Waals surface area contributed by atoms with E-state index in [2.05, 4.69) is 0 Å². The number of alkyl halides is 3. The van der Waals surface area contributed by atoms with E-state index in [1.807, 2.05) is 6.92 Å². The number of halogens is 3. The molecule has 0 radical (unpaired) electrons. The zero-order valence-corrected chi connectivity index (χ0v) is 11.4. The van der Waals surface area contributed by atoms with Gasteiger partial charge in [-0.15, -0.1) is 0 Å². The van der Waals surface area contributed by atoms with Gasteiger partial charge in [-0.3, -0.25) is 4.79 Å². The van der Waals surface area contributed by atoms with Gasteiger partial charge < -0.3 is 10.6 Å². The molecule has 0 fully saturated rings. The van der Waals surface area contributed by atoms with Crippen LogP contribution >= 0.6 is 0 Å². The van der Waals surface area contributed by atoms with Crippen LogP contribution in [0.3, 0.4) is 0 Å². The largest absolute Gasteiger partial charge is 0.416 e. The van der Waals surface area contributed by atoms with Crippen molar-refractivity contribution in [3.05, 3.63) is 35.4 Å². The van der Waals surface area contributed by atoms with Gasteiger partial charge in [0.05, 0.1) is 5.56 Å². The summed E-state index contributed by atoms with van der Waals surface area (Å²) >= 11 is 0. The first-order chi connectivity index (χ1) is 9.40. The summed E-state index contributed by atoms with van der Waals surface area (Å²) in [4.78, 5) is 13.8. The first-order valence-electron chi connectivity index (χ1n) is 6.56. The topological polar surface area (TPSA) is 46.3 Å². The van der Waals surface area contributed by atoms with Crippen LogP contribution in [0.2, 0.25) is 0 Å². The molecule has 1 amide bonds. The summed E-state index contributed by atoms with van der Waals surface area (Å²) in [7, 11) is 0. The van der Waals surface area contributed by atoms with Gasteiger partial charge in [-0.2, -0.15) is 13.2 Å². The van der Waals surface area contributed by atoms with Crippen molar-refractivity contribution in [2.45, 2.75) is 25.9 Å². The van der Waals surface area contributed by atoms with Crippen LogP contribution in [0.4, 0.5) is 13.2 Å². The Morgan fingerprint density at radius 1 is 1.30 bits per heavy atom.